The van der Waals surface area contributed by atoms with Crippen LogP contribution in [-0.4, -0.2) is 43.3 Å². The van der Waals surface area contributed by atoms with Crippen LogP contribution in [0.15, 0.2) is 35.4 Å². The molecule has 1 amide bonds. The average molecular weight is 352 g/mol. The second-order valence-electron chi connectivity index (χ2n) is 4.97. The smallest absolute Gasteiger partial charge is 0.339 e. The first-order chi connectivity index (χ1) is 10.9. The fourth-order valence-corrected chi connectivity index (χ4v) is 3.49. The van der Waals surface area contributed by atoms with Gasteiger partial charge in [-0.25, -0.2) is 9.80 Å². The lowest BCUT2D eigenvalue weighted by molar-refractivity contribution is -0.147. The van der Waals surface area contributed by atoms with Gasteiger partial charge >= 0.3 is 5.97 Å². The van der Waals surface area contributed by atoms with Gasteiger partial charge in [-0.3, -0.25) is 9.59 Å². The number of hydrogen-bond donors (Lipinski definition) is 1. The maximum atomic E-state index is 12.5. The molecule has 1 N–H and O–H groups in total. The Bertz CT molecular complexity index is 648. The van der Waals surface area contributed by atoms with E-state index in [9.17, 15) is 19.5 Å². The third kappa shape index (κ3) is 4.35. The maximum absolute atomic E-state index is 12.5. The zero-order valence-electron chi connectivity index (χ0n) is 12.6. The lowest BCUT2D eigenvalue weighted by Gasteiger charge is -2.20. The number of rotatable bonds is 5. The molecule has 23 heavy (non-hydrogen) atoms. The number of hydrogen-bond acceptors (Lipinski definition) is 6. The van der Waals surface area contributed by atoms with Crippen molar-refractivity contribution in [2.24, 2.45) is 11.0 Å². The van der Waals surface area contributed by atoms with Crippen LogP contribution in [0.2, 0.25) is 0 Å². The number of carboxylic acid groups (broad SMARTS) is 1. The molecule has 122 valence electrons. The number of aliphatic carboxylic acids is 1. The van der Waals surface area contributed by atoms with Crippen LogP contribution in [0.3, 0.4) is 0 Å². The molecule has 6 nitrogen and oxygen atoms in total. The van der Waals surface area contributed by atoms with Crippen molar-refractivity contribution in [1.82, 2.24) is 5.01 Å². The quantitative estimate of drug-likeness (QED) is 0.874. The van der Waals surface area contributed by atoms with E-state index >= 15 is 0 Å². The number of benzene rings is 1. The maximum Gasteiger partial charge on any atom is 0.339 e. The fraction of sp³-hybridized carbons (Fsp3) is 0.333. The number of carbonyl (C=O) groups is 3. The molecule has 1 aliphatic rings. The number of amides is 1. The van der Waals surface area contributed by atoms with Gasteiger partial charge in [-0.1, -0.05) is 60.8 Å². The summed E-state index contributed by atoms with van der Waals surface area (Å²) in [6, 6.07) is 9.12. The molecular formula is C15H16N2O4S2. The summed E-state index contributed by atoms with van der Waals surface area (Å²) in [7, 11) is 0. The molecule has 1 aliphatic heterocycles. The Morgan fingerprint density at radius 1 is 1.35 bits per heavy atom. The lowest BCUT2D eigenvalue weighted by atomic mass is 10.2. The third-order valence-electron chi connectivity index (χ3n) is 3.06. The Morgan fingerprint density at radius 3 is 2.57 bits per heavy atom. The summed E-state index contributed by atoms with van der Waals surface area (Å²) in [4.78, 5) is 34.9. The normalized spacial score (nSPS) is 18.4. The number of nitrogens with zero attached hydrogens (tertiary/aromatic N) is 2. The van der Waals surface area contributed by atoms with Crippen LogP contribution in [0.4, 0.5) is 0 Å². The Labute approximate surface area is 142 Å². The van der Waals surface area contributed by atoms with Gasteiger partial charge in [0.1, 0.15) is 5.04 Å². The standard InChI is InChI=1S/C15H16N2O4S2/c1-9(8-22-10(2)18)13(19)17-14(15(20)21)23-12(16-17)11-6-4-3-5-7-11/h3-7,9,14H,8H2,1-2H3,(H,20,21)/t9-,14?/m1/s1. The second-order valence-corrected chi connectivity index (χ2v) is 7.23. The van der Waals surface area contributed by atoms with Crippen molar-refractivity contribution in [3.63, 3.8) is 0 Å². The van der Waals surface area contributed by atoms with Crippen molar-refractivity contribution in [1.29, 1.82) is 0 Å². The van der Waals surface area contributed by atoms with Crippen molar-refractivity contribution in [3.05, 3.63) is 35.9 Å². The Hall–Kier alpha value is -1.80. The molecule has 0 aromatic heterocycles. The molecule has 0 radical (unpaired) electrons. The summed E-state index contributed by atoms with van der Waals surface area (Å²) in [6.07, 6.45) is 0. The van der Waals surface area contributed by atoms with Gasteiger partial charge in [0, 0.05) is 24.2 Å². The zero-order chi connectivity index (χ0) is 17.0. The van der Waals surface area contributed by atoms with Crippen LogP contribution >= 0.6 is 23.5 Å². The van der Waals surface area contributed by atoms with Crippen molar-refractivity contribution in [2.75, 3.05) is 5.75 Å². The van der Waals surface area contributed by atoms with Gasteiger partial charge < -0.3 is 5.11 Å². The lowest BCUT2D eigenvalue weighted by Crippen LogP contribution is -2.40. The van der Waals surface area contributed by atoms with E-state index < -0.39 is 23.2 Å². The molecule has 2 atom stereocenters. The molecule has 0 fully saturated rings. The van der Waals surface area contributed by atoms with E-state index in [0.717, 1.165) is 34.1 Å². The summed E-state index contributed by atoms with van der Waals surface area (Å²) < 4.78 is 0. The second kappa shape index (κ2) is 7.65. The fourth-order valence-electron chi connectivity index (χ4n) is 1.90. The van der Waals surface area contributed by atoms with Gasteiger partial charge in [0.15, 0.2) is 5.12 Å². The van der Waals surface area contributed by atoms with E-state index in [1.165, 1.54) is 6.92 Å². The van der Waals surface area contributed by atoms with Crippen LogP contribution in [0, 0.1) is 5.92 Å². The highest BCUT2D eigenvalue weighted by Gasteiger charge is 2.39. The van der Waals surface area contributed by atoms with Crippen molar-refractivity contribution in [2.45, 2.75) is 19.2 Å². The number of carbonyl (C=O) groups excluding carboxylic acids is 2. The van der Waals surface area contributed by atoms with E-state index in [1.807, 2.05) is 30.3 Å². The molecule has 0 spiro atoms. The van der Waals surface area contributed by atoms with Crippen LogP contribution < -0.4 is 0 Å². The Morgan fingerprint density at radius 2 is 2.00 bits per heavy atom. The van der Waals surface area contributed by atoms with Crippen LogP contribution in [0.1, 0.15) is 19.4 Å². The van der Waals surface area contributed by atoms with Gasteiger partial charge in [0.25, 0.3) is 0 Å². The minimum Gasteiger partial charge on any atom is -0.479 e. The van der Waals surface area contributed by atoms with Crippen molar-refractivity contribution < 1.29 is 19.5 Å². The van der Waals surface area contributed by atoms with Gasteiger partial charge in [0.05, 0.1) is 0 Å². The number of thioether (sulfide) groups is 2. The molecule has 0 saturated carbocycles. The topological polar surface area (TPSA) is 87.0 Å². The van der Waals surface area contributed by atoms with Crippen molar-refractivity contribution >= 4 is 45.6 Å². The van der Waals surface area contributed by atoms with Gasteiger partial charge in [-0.15, -0.1) is 0 Å². The molecule has 1 aromatic rings. The van der Waals surface area contributed by atoms with E-state index in [2.05, 4.69) is 5.10 Å². The number of hydrazone groups is 1. The van der Waals surface area contributed by atoms with E-state index in [1.54, 1.807) is 6.92 Å². The zero-order valence-corrected chi connectivity index (χ0v) is 14.3. The van der Waals surface area contributed by atoms with Gasteiger partial charge in [-0.2, -0.15) is 5.10 Å². The first kappa shape index (κ1) is 17.6. The third-order valence-corrected chi connectivity index (χ3v) is 5.30. The molecule has 0 saturated heterocycles. The summed E-state index contributed by atoms with van der Waals surface area (Å²) in [5.41, 5.74) is 0.768. The summed E-state index contributed by atoms with van der Waals surface area (Å²) in [6.45, 7) is 3.09. The molecular weight excluding hydrogens is 336 g/mol. The highest BCUT2D eigenvalue weighted by molar-refractivity contribution is 8.15. The van der Waals surface area contributed by atoms with E-state index in [4.69, 9.17) is 0 Å². The summed E-state index contributed by atoms with van der Waals surface area (Å²) >= 11 is 2.08. The predicted molar refractivity (Wildman–Crippen MR) is 91.1 cm³/mol. The monoisotopic (exact) mass is 352 g/mol. The van der Waals surface area contributed by atoms with Crippen LogP contribution in [0.25, 0.3) is 0 Å². The Kier molecular flexibility index (Phi) is 5.84. The van der Waals surface area contributed by atoms with Crippen molar-refractivity contribution in [3.8, 4) is 0 Å². The molecule has 1 aromatic carbocycles. The number of carboxylic acids is 1. The SMILES string of the molecule is CC(=O)SC[C@@H](C)C(=O)N1N=C(c2ccccc2)SC1C(=O)O. The van der Waals surface area contributed by atoms with E-state index in [-0.39, 0.29) is 5.12 Å². The molecule has 2 rings (SSSR count). The van der Waals surface area contributed by atoms with Crippen LogP contribution in [0.5, 0.6) is 0 Å². The summed E-state index contributed by atoms with van der Waals surface area (Å²) in [5.74, 6) is -1.71. The van der Waals surface area contributed by atoms with E-state index in [0.29, 0.717) is 10.8 Å². The highest BCUT2D eigenvalue weighted by atomic mass is 32.2. The summed E-state index contributed by atoms with van der Waals surface area (Å²) in [5, 5.41) is 13.9. The van der Waals surface area contributed by atoms with Gasteiger partial charge in [0.2, 0.25) is 11.3 Å². The molecule has 1 heterocycles. The molecule has 0 bridgehead atoms. The Balaban J connectivity index is 2.19. The highest BCUT2D eigenvalue weighted by Crippen LogP contribution is 2.31. The molecule has 8 heteroatoms. The minimum absolute atomic E-state index is 0.0799. The van der Waals surface area contributed by atoms with Gasteiger partial charge in [-0.05, 0) is 0 Å². The molecule has 0 aliphatic carbocycles. The molecule has 1 unspecified atom stereocenters. The van der Waals surface area contributed by atoms with Crippen LogP contribution in [-0.2, 0) is 14.4 Å². The largest absolute Gasteiger partial charge is 0.479 e. The first-order valence-electron chi connectivity index (χ1n) is 6.90. The first-order valence-corrected chi connectivity index (χ1v) is 8.76. The average Bonchev–Trinajstić information content (AvgIpc) is 2.98. The minimum atomic E-state index is -1.12. The predicted octanol–water partition coefficient (Wildman–Crippen LogP) is 2.25.